The molecular formula is C10H15N5S. The van der Waals surface area contributed by atoms with Gasteiger partial charge in [-0.15, -0.1) is 0 Å². The third kappa shape index (κ3) is 1.80. The van der Waals surface area contributed by atoms with Crippen LogP contribution in [0.1, 0.15) is 11.4 Å². The van der Waals surface area contributed by atoms with E-state index in [1.807, 2.05) is 38.7 Å². The van der Waals surface area contributed by atoms with Crippen molar-refractivity contribution in [1.82, 2.24) is 19.6 Å². The Kier molecular flexibility index (Phi) is 2.67. The highest BCUT2D eigenvalue weighted by atomic mass is 32.2. The van der Waals surface area contributed by atoms with E-state index in [9.17, 15) is 0 Å². The fourth-order valence-corrected chi connectivity index (χ4v) is 2.59. The van der Waals surface area contributed by atoms with Gasteiger partial charge in [0, 0.05) is 14.1 Å². The maximum absolute atomic E-state index is 5.97. The molecular weight excluding hydrogens is 222 g/mol. The van der Waals surface area contributed by atoms with Gasteiger partial charge in [-0.25, -0.2) is 0 Å². The highest BCUT2D eigenvalue weighted by Crippen LogP contribution is 2.33. The van der Waals surface area contributed by atoms with Gasteiger partial charge < -0.3 is 5.73 Å². The van der Waals surface area contributed by atoms with Crippen LogP contribution in [0, 0.1) is 13.8 Å². The number of aryl methyl sites for hydroxylation is 4. The van der Waals surface area contributed by atoms with Crippen molar-refractivity contribution >= 4 is 17.4 Å². The summed E-state index contributed by atoms with van der Waals surface area (Å²) >= 11 is 1.59. The third-order valence-corrected chi connectivity index (χ3v) is 3.64. The van der Waals surface area contributed by atoms with Crippen LogP contribution in [0.2, 0.25) is 0 Å². The van der Waals surface area contributed by atoms with Gasteiger partial charge in [-0.05, 0) is 31.7 Å². The van der Waals surface area contributed by atoms with E-state index in [4.69, 9.17) is 5.73 Å². The van der Waals surface area contributed by atoms with Gasteiger partial charge in [0.25, 0.3) is 0 Å². The first-order chi connectivity index (χ1) is 7.49. The number of anilines is 1. The number of nitrogens with two attached hydrogens (primary N) is 1. The van der Waals surface area contributed by atoms with Gasteiger partial charge in [-0.2, -0.15) is 10.2 Å². The highest BCUT2D eigenvalue weighted by Gasteiger charge is 2.13. The van der Waals surface area contributed by atoms with Crippen LogP contribution in [0.25, 0.3) is 0 Å². The fraction of sp³-hybridized carbons (Fsp3) is 0.400. The Morgan fingerprint density at radius 3 is 2.31 bits per heavy atom. The smallest absolute Gasteiger partial charge is 0.123 e. The van der Waals surface area contributed by atoms with Crippen LogP contribution in [0.5, 0.6) is 0 Å². The van der Waals surface area contributed by atoms with Crippen molar-refractivity contribution in [3.63, 3.8) is 0 Å². The fourth-order valence-electron chi connectivity index (χ4n) is 1.56. The molecule has 0 aromatic carbocycles. The molecule has 0 aliphatic carbocycles. The molecule has 6 heteroatoms. The molecule has 2 aromatic heterocycles. The predicted octanol–water partition coefficient (Wildman–Crippen LogP) is 1.50. The summed E-state index contributed by atoms with van der Waals surface area (Å²) in [5.41, 5.74) is 8.58. The topological polar surface area (TPSA) is 61.7 Å². The molecule has 5 nitrogen and oxygen atoms in total. The molecule has 0 bridgehead atoms. The van der Waals surface area contributed by atoms with Gasteiger partial charge in [-0.3, -0.25) is 9.36 Å². The summed E-state index contributed by atoms with van der Waals surface area (Å²) in [6, 6.07) is 2.03. The first kappa shape index (κ1) is 11.1. The van der Waals surface area contributed by atoms with Gasteiger partial charge in [-0.1, -0.05) is 0 Å². The van der Waals surface area contributed by atoms with Crippen LogP contribution >= 0.6 is 11.8 Å². The van der Waals surface area contributed by atoms with Crippen molar-refractivity contribution in [1.29, 1.82) is 0 Å². The lowest BCUT2D eigenvalue weighted by atomic mass is 10.4. The number of nitrogen functional groups attached to an aromatic ring is 1. The molecule has 0 atom stereocenters. The summed E-state index contributed by atoms with van der Waals surface area (Å²) in [6.45, 7) is 3.88. The highest BCUT2D eigenvalue weighted by molar-refractivity contribution is 7.99. The maximum atomic E-state index is 5.97. The number of aromatic nitrogens is 4. The van der Waals surface area contributed by atoms with Crippen molar-refractivity contribution in [3.8, 4) is 0 Å². The molecule has 16 heavy (non-hydrogen) atoms. The first-order valence-electron chi connectivity index (χ1n) is 4.96. The van der Waals surface area contributed by atoms with Crippen molar-refractivity contribution < 1.29 is 0 Å². The van der Waals surface area contributed by atoms with Gasteiger partial charge >= 0.3 is 0 Å². The monoisotopic (exact) mass is 237 g/mol. The lowest BCUT2D eigenvalue weighted by Crippen LogP contribution is -1.97. The molecule has 0 saturated carbocycles. The summed E-state index contributed by atoms with van der Waals surface area (Å²) < 4.78 is 3.65. The molecule has 0 unspecified atom stereocenters. The molecule has 0 fully saturated rings. The minimum absolute atomic E-state index is 0.742. The van der Waals surface area contributed by atoms with Crippen LogP contribution < -0.4 is 5.73 Å². The largest absolute Gasteiger partial charge is 0.395 e. The van der Waals surface area contributed by atoms with E-state index in [0.29, 0.717) is 0 Å². The van der Waals surface area contributed by atoms with E-state index in [-0.39, 0.29) is 0 Å². The van der Waals surface area contributed by atoms with E-state index >= 15 is 0 Å². The van der Waals surface area contributed by atoms with Gasteiger partial charge in [0.1, 0.15) is 10.1 Å². The molecule has 2 N–H and O–H groups in total. The second kappa shape index (κ2) is 3.86. The van der Waals surface area contributed by atoms with Gasteiger partial charge in [0.2, 0.25) is 0 Å². The quantitative estimate of drug-likeness (QED) is 0.860. The SMILES string of the molecule is Cc1cc(Sc2c(N)c(C)nn2C)n(C)n1. The van der Waals surface area contributed by atoms with Crippen molar-refractivity contribution in [2.75, 3.05) is 5.73 Å². The standard InChI is InChI=1S/C10H15N5S/c1-6-5-8(14(3)12-6)16-10-9(11)7(2)13-15(10)4/h5H,11H2,1-4H3. The lowest BCUT2D eigenvalue weighted by Gasteiger charge is -2.03. The molecule has 0 amide bonds. The normalized spacial score (nSPS) is 11.0. The maximum Gasteiger partial charge on any atom is 0.123 e. The molecule has 2 heterocycles. The number of hydrogen-bond acceptors (Lipinski definition) is 4. The van der Waals surface area contributed by atoms with Crippen LogP contribution in [0.3, 0.4) is 0 Å². The Morgan fingerprint density at radius 1 is 1.19 bits per heavy atom. The summed E-state index contributed by atoms with van der Waals surface area (Å²) in [5, 5.41) is 10.6. The molecule has 2 rings (SSSR count). The zero-order valence-corrected chi connectivity index (χ0v) is 10.7. The Hall–Kier alpha value is -1.43. The Morgan fingerprint density at radius 2 is 1.88 bits per heavy atom. The van der Waals surface area contributed by atoms with Crippen LogP contribution in [-0.2, 0) is 14.1 Å². The summed E-state index contributed by atoms with van der Waals surface area (Å²) in [6.07, 6.45) is 0. The Labute approximate surface area is 98.6 Å². The molecule has 0 spiro atoms. The molecule has 0 radical (unpaired) electrons. The zero-order chi connectivity index (χ0) is 11.9. The van der Waals surface area contributed by atoms with E-state index in [0.717, 1.165) is 27.1 Å². The average Bonchev–Trinajstić information content (AvgIpc) is 2.62. The average molecular weight is 237 g/mol. The zero-order valence-electron chi connectivity index (χ0n) is 9.85. The van der Waals surface area contributed by atoms with E-state index in [1.54, 1.807) is 16.4 Å². The van der Waals surface area contributed by atoms with Crippen LogP contribution in [0.4, 0.5) is 5.69 Å². The molecule has 2 aromatic rings. The van der Waals surface area contributed by atoms with Gasteiger partial charge in [0.05, 0.1) is 17.1 Å². The number of rotatable bonds is 2. The third-order valence-electron chi connectivity index (χ3n) is 2.37. The lowest BCUT2D eigenvalue weighted by molar-refractivity contribution is 0.677. The molecule has 86 valence electrons. The molecule has 0 aliphatic heterocycles. The van der Waals surface area contributed by atoms with Gasteiger partial charge in [0.15, 0.2) is 0 Å². The summed E-state index contributed by atoms with van der Waals surface area (Å²) in [7, 11) is 3.82. The predicted molar refractivity (Wildman–Crippen MR) is 64.4 cm³/mol. The summed E-state index contributed by atoms with van der Waals surface area (Å²) in [4.78, 5) is 0. The Bertz CT molecular complexity index is 526. The van der Waals surface area contributed by atoms with Crippen LogP contribution in [-0.4, -0.2) is 19.6 Å². The Balaban J connectivity index is 2.37. The van der Waals surface area contributed by atoms with E-state index in [1.165, 1.54) is 0 Å². The second-order valence-corrected chi connectivity index (χ2v) is 4.79. The summed E-state index contributed by atoms with van der Waals surface area (Å²) in [5.74, 6) is 0. The minimum atomic E-state index is 0.742. The second-order valence-electron chi connectivity index (χ2n) is 3.78. The van der Waals surface area contributed by atoms with Crippen molar-refractivity contribution in [2.24, 2.45) is 14.1 Å². The van der Waals surface area contributed by atoms with Crippen molar-refractivity contribution in [3.05, 3.63) is 17.5 Å². The van der Waals surface area contributed by atoms with E-state index < -0.39 is 0 Å². The minimum Gasteiger partial charge on any atom is -0.395 e. The van der Waals surface area contributed by atoms with Crippen LogP contribution in [0.15, 0.2) is 16.1 Å². The number of nitrogens with zero attached hydrogens (tertiary/aromatic N) is 4. The molecule has 0 saturated heterocycles. The number of hydrogen-bond donors (Lipinski definition) is 1. The molecule has 0 aliphatic rings. The van der Waals surface area contributed by atoms with Crippen molar-refractivity contribution in [2.45, 2.75) is 23.9 Å². The first-order valence-corrected chi connectivity index (χ1v) is 5.78. The van der Waals surface area contributed by atoms with E-state index in [2.05, 4.69) is 10.2 Å².